The molecule has 5 nitrogen and oxygen atoms in total. The number of amides is 1. The molecule has 0 saturated carbocycles. The molecule has 0 aromatic heterocycles. The third kappa shape index (κ3) is 8.25. The van der Waals surface area contributed by atoms with Crippen molar-refractivity contribution in [3.05, 3.63) is 29.8 Å². The Morgan fingerprint density at radius 3 is 2.40 bits per heavy atom. The smallest absolute Gasteiger partial charge is 0.405 e. The zero-order chi connectivity index (χ0) is 18.7. The normalized spacial score (nSPS) is 14.6. The van der Waals surface area contributed by atoms with Crippen LogP contribution in [-0.2, 0) is 6.42 Å². The second-order valence-corrected chi connectivity index (χ2v) is 6.93. The van der Waals surface area contributed by atoms with Gasteiger partial charge in [-0.05, 0) is 50.8 Å². The molecule has 0 heterocycles. The van der Waals surface area contributed by atoms with Crippen LogP contribution in [0.3, 0.4) is 0 Å². The largest absolute Gasteiger partial charge is 0.494 e. The molecule has 0 bridgehead atoms. The molecule has 2 atom stereocenters. The Balaban J connectivity index is 2.41. The summed E-state index contributed by atoms with van der Waals surface area (Å²) in [6.45, 7) is 6.28. The number of aliphatic hydroxyl groups is 1. The number of ether oxygens (including phenoxy) is 1. The topological polar surface area (TPSA) is 78.8 Å². The third-order valence-corrected chi connectivity index (χ3v) is 4.69. The standard InChI is InChI=1S/C20H33NO4/c1-4-5-6-7-8-15-25-18-11-9-17(10-12-18)13-14-20(3,16(2)22)21-19(23)24/h9-12,16,21-22H,4-8,13-15H2,1-3H3,(H,23,24)/t16-,20+/m1/s1. The van der Waals surface area contributed by atoms with Gasteiger partial charge >= 0.3 is 6.09 Å². The number of aryl methyl sites for hydroxylation is 1. The minimum Gasteiger partial charge on any atom is -0.494 e. The van der Waals surface area contributed by atoms with Crippen LogP contribution < -0.4 is 10.1 Å². The van der Waals surface area contributed by atoms with Crippen LogP contribution in [0.2, 0.25) is 0 Å². The molecule has 1 amide bonds. The molecule has 0 spiro atoms. The maximum absolute atomic E-state index is 10.9. The van der Waals surface area contributed by atoms with E-state index in [1.165, 1.54) is 25.7 Å². The highest BCUT2D eigenvalue weighted by molar-refractivity contribution is 5.65. The van der Waals surface area contributed by atoms with Crippen LogP contribution >= 0.6 is 0 Å². The average molecular weight is 351 g/mol. The first-order valence-electron chi connectivity index (χ1n) is 9.28. The van der Waals surface area contributed by atoms with Crippen LogP contribution in [0.25, 0.3) is 0 Å². The van der Waals surface area contributed by atoms with E-state index in [0.29, 0.717) is 12.8 Å². The average Bonchev–Trinajstić information content (AvgIpc) is 2.56. The van der Waals surface area contributed by atoms with E-state index in [-0.39, 0.29) is 0 Å². The second-order valence-electron chi connectivity index (χ2n) is 6.93. The van der Waals surface area contributed by atoms with E-state index in [1.54, 1.807) is 13.8 Å². The lowest BCUT2D eigenvalue weighted by Crippen LogP contribution is -2.53. The fourth-order valence-corrected chi connectivity index (χ4v) is 2.67. The zero-order valence-electron chi connectivity index (χ0n) is 15.8. The first-order chi connectivity index (χ1) is 11.9. The van der Waals surface area contributed by atoms with Crippen LogP contribution in [0, 0.1) is 0 Å². The number of unbranched alkanes of at least 4 members (excludes halogenated alkanes) is 4. The Kier molecular flexibility index (Phi) is 9.35. The number of carbonyl (C=O) groups is 1. The summed E-state index contributed by atoms with van der Waals surface area (Å²) >= 11 is 0. The highest BCUT2D eigenvalue weighted by Crippen LogP contribution is 2.20. The second kappa shape index (κ2) is 11.0. The molecule has 0 aliphatic carbocycles. The number of carboxylic acid groups (broad SMARTS) is 1. The summed E-state index contributed by atoms with van der Waals surface area (Å²) in [5.41, 5.74) is 0.230. The summed E-state index contributed by atoms with van der Waals surface area (Å²) in [5.74, 6) is 0.862. The molecule has 1 aromatic rings. The van der Waals surface area contributed by atoms with Crippen LogP contribution in [0.15, 0.2) is 24.3 Å². The van der Waals surface area contributed by atoms with Gasteiger partial charge in [0, 0.05) is 0 Å². The highest BCUT2D eigenvalue weighted by atomic mass is 16.5. The number of hydrogen-bond donors (Lipinski definition) is 3. The third-order valence-electron chi connectivity index (χ3n) is 4.69. The van der Waals surface area contributed by atoms with E-state index >= 15 is 0 Å². The van der Waals surface area contributed by atoms with Crippen LogP contribution in [0.5, 0.6) is 5.75 Å². The van der Waals surface area contributed by atoms with Gasteiger partial charge in [-0.25, -0.2) is 4.79 Å². The molecule has 0 radical (unpaired) electrons. The van der Waals surface area contributed by atoms with E-state index in [0.717, 1.165) is 24.3 Å². The fourth-order valence-electron chi connectivity index (χ4n) is 2.67. The number of benzene rings is 1. The van der Waals surface area contributed by atoms with Crippen LogP contribution in [-0.4, -0.2) is 34.6 Å². The maximum atomic E-state index is 10.9. The maximum Gasteiger partial charge on any atom is 0.405 e. The summed E-state index contributed by atoms with van der Waals surface area (Å²) in [7, 11) is 0. The Morgan fingerprint density at radius 1 is 1.20 bits per heavy atom. The van der Waals surface area contributed by atoms with Gasteiger partial charge in [0.05, 0.1) is 18.2 Å². The van der Waals surface area contributed by atoms with Crippen molar-refractivity contribution in [3.63, 3.8) is 0 Å². The van der Waals surface area contributed by atoms with Crippen molar-refractivity contribution in [1.82, 2.24) is 5.32 Å². The minimum absolute atomic E-state index is 0.522. The lowest BCUT2D eigenvalue weighted by molar-refractivity contribution is 0.0765. The number of nitrogens with one attached hydrogen (secondary N) is 1. The van der Waals surface area contributed by atoms with E-state index in [9.17, 15) is 9.90 Å². The van der Waals surface area contributed by atoms with Crippen molar-refractivity contribution >= 4 is 6.09 Å². The molecular weight excluding hydrogens is 318 g/mol. The quantitative estimate of drug-likeness (QED) is 0.488. The van der Waals surface area contributed by atoms with E-state index in [2.05, 4.69) is 12.2 Å². The van der Waals surface area contributed by atoms with E-state index in [4.69, 9.17) is 9.84 Å². The Labute approximate surface area is 151 Å². The monoisotopic (exact) mass is 351 g/mol. The zero-order valence-corrected chi connectivity index (χ0v) is 15.8. The van der Waals surface area contributed by atoms with Crippen LogP contribution in [0.4, 0.5) is 4.79 Å². The molecule has 5 heteroatoms. The highest BCUT2D eigenvalue weighted by Gasteiger charge is 2.31. The number of rotatable bonds is 12. The van der Waals surface area contributed by atoms with Crippen LogP contribution in [0.1, 0.15) is 64.9 Å². The van der Waals surface area contributed by atoms with E-state index in [1.807, 2.05) is 24.3 Å². The van der Waals surface area contributed by atoms with Gasteiger partial charge < -0.3 is 20.3 Å². The molecule has 0 fully saturated rings. The lowest BCUT2D eigenvalue weighted by atomic mass is 9.88. The van der Waals surface area contributed by atoms with Crippen molar-refractivity contribution < 1.29 is 19.7 Å². The van der Waals surface area contributed by atoms with Gasteiger partial charge in [-0.3, -0.25) is 0 Å². The summed E-state index contributed by atoms with van der Waals surface area (Å²) < 4.78 is 5.75. The summed E-state index contributed by atoms with van der Waals surface area (Å²) in [4.78, 5) is 10.9. The van der Waals surface area contributed by atoms with Gasteiger partial charge in [0.1, 0.15) is 5.75 Å². The van der Waals surface area contributed by atoms with Crippen molar-refractivity contribution in [2.24, 2.45) is 0 Å². The summed E-state index contributed by atoms with van der Waals surface area (Å²) in [5, 5.41) is 21.2. The summed E-state index contributed by atoms with van der Waals surface area (Å²) in [6.07, 6.45) is 5.41. The Bertz CT molecular complexity index is 501. The first-order valence-corrected chi connectivity index (χ1v) is 9.28. The van der Waals surface area contributed by atoms with Gasteiger partial charge in [0.25, 0.3) is 0 Å². The van der Waals surface area contributed by atoms with Gasteiger partial charge in [0.15, 0.2) is 0 Å². The lowest BCUT2D eigenvalue weighted by Gasteiger charge is -2.32. The molecular formula is C20H33NO4. The molecule has 25 heavy (non-hydrogen) atoms. The molecule has 142 valence electrons. The molecule has 0 unspecified atom stereocenters. The van der Waals surface area contributed by atoms with Crippen molar-refractivity contribution in [2.45, 2.75) is 77.4 Å². The Morgan fingerprint density at radius 2 is 1.84 bits per heavy atom. The summed E-state index contributed by atoms with van der Waals surface area (Å²) in [6, 6.07) is 7.89. The fraction of sp³-hybridized carbons (Fsp3) is 0.650. The molecule has 1 rings (SSSR count). The number of aliphatic hydroxyl groups excluding tert-OH is 1. The molecule has 0 aliphatic rings. The molecule has 0 aliphatic heterocycles. The first kappa shape index (κ1) is 21.3. The van der Waals surface area contributed by atoms with Gasteiger partial charge in [-0.15, -0.1) is 0 Å². The number of hydrogen-bond acceptors (Lipinski definition) is 3. The van der Waals surface area contributed by atoms with Crippen molar-refractivity contribution in [2.75, 3.05) is 6.61 Å². The van der Waals surface area contributed by atoms with Crippen molar-refractivity contribution in [3.8, 4) is 5.75 Å². The molecule has 3 N–H and O–H groups in total. The minimum atomic E-state index is -1.12. The van der Waals surface area contributed by atoms with E-state index < -0.39 is 17.7 Å². The Hall–Kier alpha value is -1.75. The predicted octanol–water partition coefficient (Wildman–Crippen LogP) is 4.38. The van der Waals surface area contributed by atoms with Gasteiger partial charge in [-0.2, -0.15) is 0 Å². The van der Waals surface area contributed by atoms with Crippen molar-refractivity contribution in [1.29, 1.82) is 0 Å². The SMILES string of the molecule is CCCCCCCOc1ccc(CC[C@](C)(NC(=O)O)[C@@H](C)O)cc1. The predicted molar refractivity (Wildman–Crippen MR) is 100 cm³/mol. The van der Waals surface area contributed by atoms with Gasteiger partial charge in [-0.1, -0.05) is 44.7 Å². The molecule has 1 aromatic carbocycles. The molecule has 0 saturated heterocycles. The van der Waals surface area contributed by atoms with Gasteiger partial charge in [0.2, 0.25) is 0 Å².